The standard InChI is InChI=1S/C14H21BrN2O/c1-10-4-5-11(15)8-12(10)14(17(2)3)13-9-16-6-7-18-13/h4-5,8,13-14,16H,6-7,9H2,1-3H3. The van der Waals surface area contributed by atoms with Gasteiger partial charge in [-0.2, -0.15) is 0 Å². The minimum Gasteiger partial charge on any atom is -0.374 e. The van der Waals surface area contributed by atoms with Crippen molar-refractivity contribution in [2.75, 3.05) is 33.8 Å². The Morgan fingerprint density at radius 1 is 1.44 bits per heavy atom. The fraction of sp³-hybridized carbons (Fsp3) is 0.571. The van der Waals surface area contributed by atoms with E-state index in [1.165, 1.54) is 11.1 Å². The van der Waals surface area contributed by atoms with Crippen LogP contribution in [0.1, 0.15) is 17.2 Å². The van der Waals surface area contributed by atoms with Gasteiger partial charge in [0.1, 0.15) is 0 Å². The smallest absolute Gasteiger partial charge is 0.0896 e. The Balaban J connectivity index is 2.31. The molecule has 1 aliphatic rings. The number of nitrogens with zero attached hydrogens (tertiary/aromatic N) is 1. The van der Waals surface area contributed by atoms with E-state index in [-0.39, 0.29) is 12.1 Å². The molecular formula is C14H21BrN2O. The van der Waals surface area contributed by atoms with Crippen molar-refractivity contribution in [1.82, 2.24) is 10.2 Å². The number of hydrogen-bond donors (Lipinski definition) is 1. The van der Waals surface area contributed by atoms with E-state index in [4.69, 9.17) is 4.74 Å². The number of aryl methyl sites for hydroxylation is 1. The first-order valence-corrected chi connectivity index (χ1v) is 7.13. The zero-order chi connectivity index (χ0) is 13.1. The van der Waals surface area contributed by atoms with Crippen LogP contribution in [0.5, 0.6) is 0 Å². The number of likely N-dealkylation sites (N-methyl/N-ethyl adjacent to an activating group) is 1. The molecule has 1 fully saturated rings. The third kappa shape index (κ3) is 3.12. The lowest BCUT2D eigenvalue weighted by Gasteiger charge is -2.36. The van der Waals surface area contributed by atoms with Gasteiger partial charge in [0.25, 0.3) is 0 Å². The van der Waals surface area contributed by atoms with Gasteiger partial charge in [-0.25, -0.2) is 0 Å². The summed E-state index contributed by atoms with van der Waals surface area (Å²) in [6.07, 6.45) is 0.210. The third-order valence-corrected chi connectivity index (χ3v) is 3.92. The van der Waals surface area contributed by atoms with Crippen molar-refractivity contribution in [3.8, 4) is 0 Å². The van der Waals surface area contributed by atoms with Gasteiger partial charge >= 0.3 is 0 Å². The number of rotatable bonds is 3. The van der Waals surface area contributed by atoms with Gasteiger partial charge < -0.3 is 15.0 Å². The molecule has 0 aromatic heterocycles. The van der Waals surface area contributed by atoms with Crippen LogP contribution in [0.15, 0.2) is 22.7 Å². The summed E-state index contributed by atoms with van der Waals surface area (Å²) >= 11 is 3.56. The van der Waals surface area contributed by atoms with Gasteiger partial charge in [-0.1, -0.05) is 22.0 Å². The van der Waals surface area contributed by atoms with E-state index >= 15 is 0 Å². The average Bonchev–Trinajstić information content (AvgIpc) is 2.35. The van der Waals surface area contributed by atoms with Crippen molar-refractivity contribution in [1.29, 1.82) is 0 Å². The van der Waals surface area contributed by atoms with Crippen LogP contribution in [0, 0.1) is 6.92 Å². The van der Waals surface area contributed by atoms with E-state index in [2.05, 4.69) is 65.4 Å². The highest BCUT2D eigenvalue weighted by atomic mass is 79.9. The Bertz CT molecular complexity index is 403. The van der Waals surface area contributed by atoms with Crippen LogP contribution in [0.25, 0.3) is 0 Å². The SMILES string of the molecule is Cc1ccc(Br)cc1C(C1CNCCO1)N(C)C. The predicted octanol–water partition coefficient (Wildman–Crippen LogP) is 2.35. The van der Waals surface area contributed by atoms with Crippen LogP contribution in [-0.4, -0.2) is 44.8 Å². The average molecular weight is 313 g/mol. The lowest BCUT2D eigenvalue weighted by atomic mass is 9.95. The molecule has 1 heterocycles. The van der Waals surface area contributed by atoms with Crippen molar-refractivity contribution < 1.29 is 4.74 Å². The van der Waals surface area contributed by atoms with Crippen molar-refractivity contribution in [2.24, 2.45) is 0 Å². The van der Waals surface area contributed by atoms with Gasteiger partial charge in [-0.15, -0.1) is 0 Å². The van der Waals surface area contributed by atoms with Crippen molar-refractivity contribution >= 4 is 15.9 Å². The molecule has 0 spiro atoms. The van der Waals surface area contributed by atoms with Gasteiger partial charge in [0.05, 0.1) is 18.8 Å². The summed E-state index contributed by atoms with van der Waals surface area (Å²) in [6.45, 7) is 4.82. The Morgan fingerprint density at radius 2 is 2.22 bits per heavy atom. The number of nitrogens with one attached hydrogen (secondary N) is 1. The summed E-state index contributed by atoms with van der Waals surface area (Å²) < 4.78 is 7.06. The molecule has 1 saturated heterocycles. The highest BCUT2D eigenvalue weighted by Crippen LogP contribution is 2.29. The van der Waals surface area contributed by atoms with Crippen molar-refractivity contribution in [3.05, 3.63) is 33.8 Å². The minimum atomic E-state index is 0.210. The highest BCUT2D eigenvalue weighted by molar-refractivity contribution is 9.10. The maximum Gasteiger partial charge on any atom is 0.0896 e. The molecule has 0 aliphatic carbocycles. The zero-order valence-corrected chi connectivity index (χ0v) is 12.8. The third-order valence-electron chi connectivity index (χ3n) is 3.42. The maximum atomic E-state index is 5.93. The maximum absolute atomic E-state index is 5.93. The van der Waals surface area contributed by atoms with Crippen molar-refractivity contribution in [2.45, 2.75) is 19.1 Å². The zero-order valence-electron chi connectivity index (χ0n) is 11.2. The molecule has 0 saturated carbocycles. The van der Waals surface area contributed by atoms with Crippen LogP contribution < -0.4 is 5.32 Å². The van der Waals surface area contributed by atoms with Gasteiger partial charge in [0.15, 0.2) is 0 Å². The molecule has 0 amide bonds. The summed E-state index contributed by atoms with van der Waals surface area (Å²) in [4.78, 5) is 2.24. The lowest BCUT2D eigenvalue weighted by molar-refractivity contribution is -0.0213. The van der Waals surface area contributed by atoms with E-state index in [9.17, 15) is 0 Å². The summed E-state index contributed by atoms with van der Waals surface area (Å²) in [7, 11) is 4.23. The van der Waals surface area contributed by atoms with Gasteiger partial charge in [0, 0.05) is 17.6 Å². The molecule has 0 radical (unpaired) electrons. The van der Waals surface area contributed by atoms with Gasteiger partial charge in [-0.3, -0.25) is 0 Å². The molecule has 3 nitrogen and oxygen atoms in total. The van der Waals surface area contributed by atoms with Crippen LogP contribution >= 0.6 is 15.9 Å². The minimum absolute atomic E-state index is 0.210. The molecule has 1 aromatic carbocycles. The summed E-state index contributed by atoms with van der Waals surface area (Å²) in [6, 6.07) is 6.74. The highest BCUT2D eigenvalue weighted by Gasteiger charge is 2.28. The predicted molar refractivity (Wildman–Crippen MR) is 77.9 cm³/mol. The van der Waals surface area contributed by atoms with Crippen LogP contribution in [0.2, 0.25) is 0 Å². The van der Waals surface area contributed by atoms with E-state index in [1.807, 2.05) is 0 Å². The first-order valence-electron chi connectivity index (χ1n) is 6.34. The molecule has 0 bridgehead atoms. The molecule has 2 unspecified atom stereocenters. The summed E-state index contributed by atoms with van der Waals surface area (Å²) in [5.41, 5.74) is 2.65. The number of morpholine rings is 1. The molecule has 1 aliphatic heterocycles. The van der Waals surface area contributed by atoms with Gasteiger partial charge in [0.2, 0.25) is 0 Å². The van der Waals surface area contributed by atoms with E-state index in [0.717, 1.165) is 24.2 Å². The molecule has 18 heavy (non-hydrogen) atoms. The van der Waals surface area contributed by atoms with Crippen LogP contribution in [0.4, 0.5) is 0 Å². The molecular weight excluding hydrogens is 292 g/mol. The fourth-order valence-corrected chi connectivity index (χ4v) is 2.91. The lowest BCUT2D eigenvalue weighted by Crippen LogP contribution is -2.45. The Labute approximate surface area is 118 Å². The first kappa shape index (κ1) is 14.0. The van der Waals surface area contributed by atoms with E-state index < -0.39 is 0 Å². The topological polar surface area (TPSA) is 24.5 Å². The second-order valence-corrected chi connectivity index (χ2v) is 5.94. The quantitative estimate of drug-likeness (QED) is 0.927. The molecule has 1 aromatic rings. The van der Waals surface area contributed by atoms with Crippen molar-refractivity contribution in [3.63, 3.8) is 0 Å². The largest absolute Gasteiger partial charge is 0.374 e. The number of hydrogen-bond acceptors (Lipinski definition) is 3. The molecule has 4 heteroatoms. The fourth-order valence-electron chi connectivity index (χ4n) is 2.53. The molecule has 2 rings (SSSR count). The first-order chi connectivity index (χ1) is 8.59. The van der Waals surface area contributed by atoms with Crippen LogP contribution in [-0.2, 0) is 4.74 Å². The Kier molecular flexibility index (Phi) is 4.78. The number of benzene rings is 1. The summed E-state index contributed by atoms with van der Waals surface area (Å²) in [5.74, 6) is 0. The van der Waals surface area contributed by atoms with Crippen LogP contribution in [0.3, 0.4) is 0 Å². The number of halogens is 1. The Hall–Kier alpha value is -0.420. The monoisotopic (exact) mass is 312 g/mol. The second-order valence-electron chi connectivity index (χ2n) is 5.02. The van der Waals surface area contributed by atoms with Gasteiger partial charge in [-0.05, 0) is 44.3 Å². The van der Waals surface area contributed by atoms with E-state index in [1.54, 1.807) is 0 Å². The second kappa shape index (κ2) is 6.15. The Morgan fingerprint density at radius 3 is 2.83 bits per heavy atom. The molecule has 100 valence electrons. The molecule has 1 N–H and O–H groups in total. The molecule has 2 atom stereocenters. The summed E-state index contributed by atoms with van der Waals surface area (Å²) in [5, 5.41) is 3.41. The van der Waals surface area contributed by atoms with E-state index in [0.29, 0.717) is 0 Å². The normalized spacial score (nSPS) is 22.2. The number of ether oxygens (including phenoxy) is 1.